The Morgan fingerprint density at radius 3 is 1.72 bits per heavy atom. The number of nitrogens with zero attached hydrogens (tertiary/aromatic N) is 6. The molecule has 0 atom stereocenters. The highest BCUT2D eigenvalue weighted by atomic mass is 32.1. The van der Waals surface area contributed by atoms with Crippen molar-refractivity contribution in [2.75, 3.05) is 0 Å². The summed E-state index contributed by atoms with van der Waals surface area (Å²) in [7, 11) is 0. The molecule has 6 nitrogen and oxygen atoms in total. The molecule has 0 bridgehead atoms. The molecule has 0 aliphatic carbocycles. The Labute approximate surface area is 358 Å². The van der Waals surface area contributed by atoms with E-state index < -0.39 is 0 Å². The standard InChI is InChI=1S/C54H42N6S/c1-53(2,3)34-22-25-44-38(28-34)39-29-35(54(4,5)6)23-26-45(39)60(44)52-57-50(32-15-9-8-10-16-32)56-51(58-52)33-21-24-46(42(27-33)55-7)59-43-19-13-11-17-36(43)40-31-49-41(30-47(40)59)37-18-12-14-20-48(37)61-49/h8-31H,1-6H3. The molecular formula is C54H42N6S. The molecule has 0 spiro atoms. The van der Waals surface area contributed by atoms with Crippen molar-refractivity contribution in [3.8, 4) is 34.4 Å². The van der Waals surface area contributed by atoms with Gasteiger partial charge in [0.1, 0.15) is 0 Å². The molecule has 0 saturated heterocycles. The van der Waals surface area contributed by atoms with E-state index in [1.165, 1.54) is 36.7 Å². The molecule has 0 fully saturated rings. The maximum absolute atomic E-state index is 8.57. The maximum Gasteiger partial charge on any atom is 0.238 e. The fourth-order valence-electron chi connectivity index (χ4n) is 8.87. The van der Waals surface area contributed by atoms with Crippen LogP contribution < -0.4 is 0 Å². The second-order valence-corrected chi connectivity index (χ2v) is 19.2. The van der Waals surface area contributed by atoms with Crippen LogP contribution in [0.15, 0.2) is 146 Å². The highest BCUT2D eigenvalue weighted by Crippen LogP contribution is 2.43. The molecule has 11 aromatic rings. The largest absolute Gasteiger partial charge is 0.319 e. The Morgan fingerprint density at radius 1 is 0.459 bits per heavy atom. The molecule has 0 unspecified atom stereocenters. The van der Waals surface area contributed by atoms with E-state index in [-0.39, 0.29) is 10.8 Å². The number of benzene rings is 7. The van der Waals surface area contributed by atoms with Crippen LogP contribution in [0.1, 0.15) is 52.7 Å². The first-order valence-electron chi connectivity index (χ1n) is 20.7. The lowest BCUT2D eigenvalue weighted by Gasteiger charge is -2.19. The molecule has 0 amide bonds. The minimum Gasteiger partial charge on any atom is -0.319 e. The Hall–Kier alpha value is -7.14. The van der Waals surface area contributed by atoms with Gasteiger partial charge in [0.05, 0.1) is 34.3 Å². The maximum atomic E-state index is 8.57. The molecule has 4 heterocycles. The summed E-state index contributed by atoms with van der Waals surface area (Å²) in [5.41, 5.74) is 9.63. The van der Waals surface area contributed by atoms with Gasteiger partial charge in [-0.15, -0.1) is 11.3 Å². The number of hydrogen-bond donors (Lipinski definition) is 0. The van der Waals surface area contributed by atoms with Gasteiger partial charge in [-0.05, 0) is 82.6 Å². The summed E-state index contributed by atoms with van der Waals surface area (Å²) in [4.78, 5) is 19.8. The zero-order chi connectivity index (χ0) is 41.8. The zero-order valence-electron chi connectivity index (χ0n) is 34.9. The lowest BCUT2D eigenvalue weighted by atomic mass is 9.85. The van der Waals surface area contributed by atoms with Crippen molar-refractivity contribution < 1.29 is 0 Å². The van der Waals surface area contributed by atoms with Gasteiger partial charge in [0.15, 0.2) is 11.6 Å². The number of aromatic nitrogens is 5. The third-order valence-electron chi connectivity index (χ3n) is 12.1. The van der Waals surface area contributed by atoms with Crippen LogP contribution in [0.5, 0.6) is 0 Å². The Balaban J connectivity index is 1.14. The Bertz CT molecular complexity index is 3550. The number of para-hydroxylation sites is 1. The molecule has 0 aliphatic heterocycles. The molecule has 4 aromatic heterocycles. The lowest BCUT2D eigenvalue weighted by molar-refractivity contribution is 0.590. The molecule has 0 aliphatic rings. The number of hydrogen-bond acceptors (Lipinski definition) is 4. The first-order valence-corrected chi connectivity index (χ1v) is 21.5. The Kier molecular flexibility index (Phi) is 8.13. The van der Waals surface area contributed by atoms with Crippen LogP contribution in [0.2, 0.25) is 0 Å². The van der Waals surface area contributed by atoms with Gasteiger partial charge in [-0.2, -0.15) is 9.97 Å². The summed E-state index contributed by atoms with van der Waals surface area (Å²) >= 11 is 1.82. The van der Waals surface area contributed by atoms with Crippen LogP contribution >= 0.6 is 11.3 Å². The van der Waals surface area contributed by atoms with Crippen LogP contribution in [0.4, 0.5) is 5.69 Å². The van der Waals surface area contributed by atoms with E-state index in [2.05, 4.69) is 159 Å². The van der Waals surface area contributed by atoms with Gasteiger partial charge >= 0.3 is 0 Å². The molecule has 294 valence electrons. The first kappa shape index (κ1) is 36.9. The van der Waals surface area contributed by atoms with E-state index >= 15 is 0 Å². The summed E-state index contributed by atoms with van der Waals surface area (Å²) in [6, 6.07) is 51.4. The van der Waals surface area contributed by atoms with Gasteiger partial charge < -0.3 is 4.57 Å². The summed E-state index contributed by atoms with van der Waals surface area (Å²) < 4.78 is 6.95. The van der Waals surface area contributed by atoms with E-state index in [9.17, 15) is 0 Å². The predicted octanol–water partition coefficient (Wildman–Crippen LogP) is 14.9. The summed E-state index contributed by atoms with van der Waals surface area (Å²) in [5.74, 6) is 1.59. The molecule has 7 aromatic carbocycles. The summed E-state index contributed by atoms with van der Waals surface area (Å²) in [6.07, 6.45) is 0. The third kappa shape index (κ3) is 5.93. The van der Waals surface area contributed by atoms with Gasteiger partial charge in [-0.25, -0.2) is 9.83 Å². The lowest BCUT2D eigenvalue weighted by Crippen LogP contribution is -2.10. The molecule has 11 rings (SSSR count). The van der Waals surface area contributed by atoms with Crippen molar-refractivity contribution >= 4 is 80.8 Å². The number of fused-ring (bicyclic) bond motifs is 9. The van der Waals surface area contributed by atoms with Crippen molar-refractivity contribution in [2.45, 2.75) is 52.4 Å². The summed E-state index contributed by atoms with van der Waals surface area (Å²) in [5, 5.41) is 7.11. The molecule has 0 radical (unpaired) electrons. The topological polar surface area (TPSA) is 52.9 Å². The summed E-state index contributed by atoms with van der Waals surface area (Å²) in [6.45, 7) is 22.1. The smallest absolute Gasteiger partial charge is 0.238 e. The molecule has 61 heavy (non-hydrogen) atoms. The molecule has 7 heteroatoms. The zero-order valence-corrected chi connectivity index (χ0v) is 35.8. The average Bonchev–Trinajstić information content (AvgIpc) is 3.91. The van der Waals surface area contributed by atoms with Crippen LogP contribution in [0.3, 0.4) is 0 Å². The minimum atomic E-state index is -0.0262. The van der Waals surface area contributed by atoms with E-state index in [4.69, 9.17) is 21.5 Å². The van der Waals surface area contributed by atoms with E-state index in [0.29, 0.717) is 23.3 Å². The van der Waals surface area contributed by atoms with E-state index in [1.807, 2.05) is 53.8 Å². The molecule has 0 saturated carbocycles. The van der Waals surface area contributed by atoms with Gasteiger partial charge in [0, 0.05) is 52.8 Å². The van der Waals surface area contributed by atoms with Crippen LogP contribution in [-0.2, 0) is 10.8 Å². The highest BCUT2D eigenvalue weighted by molar-refractivity contribution is 7.25. The van der Waals surface area contributed by atoms with Crippen LogP contribution in [0, 0.1) is 6.57 Å². The fourth-order valence-corrected chi connectivity index (χ4v) is 10.00. The third-order valence-corrected chi connectivity index (χ3v) is 13.3. The van der Waals surface area contributed by atoms with Crippen molar-refractivity contribution in [1.82, 2.24) is 24.1 Å². The number of rotatable bonds is 4. The van der Waals surface area contributed by atoms with Crippen molar-refractivity contribution in [1.29, 1.82) is 0 Å². The van der Waals surface area contributed by atoms with Crippen molar-refractivity contribution in [3.05, 3.63) is 168 Å². The van der Waals surface area contributed by atoms with Crippen molar-refractivity contribution in [2.24, 2.45) is 0 Å². The van der Waals surface area contributed by atoms with Crippen LogP contribution in [-0.4, -0.2) is 24.1 Å². The molecular weight excluding hydrogens is 765 g/mol. The monoisotopic (exact) mass is 806 g/mol. The quantitative estimate of drug-likeness (QED) is 0.166. The van der Waals surface area contributed by atoms with E-state index in [0.717, 1.165) is 55.0 Å². The number of thiophene rings is 1. The van der Waals surface area contributed by atoms with Gasteiger partial charge in [0.2, 0.25) is 11.6 Å². The first-order chi connectivity index (χ1) is 29.4. The second kappa shape index (κ2) is 13.4. The fraction of sp³-hybridized carbons (Fsp3) is 0.148. The average molecular weight is 807 g/mol. The highest BCUT2D eigenvalue weighted by Gasteiger charge is 2.24. The van der Waals surface area contributed by atoms with Gasteiger partial charge in [0.25, 0.3) is 0 Å². The Morgan fingerprint density at radius 2 is 1.05 bits per heavy atom. The van der Waals surface area contributed by atoms with Gasteiger partial charge in [-0.3, -0.25) is 4.57 Å². The minimum absolute atomic E-state index is 0.0262. The molecule has 0 N–H and O–H groups in total. The SMILES string of the molecule is [C-]#[N+]c1cc(-c2nc(-c3ccccc3)nc(-n3c4ccc(C(C)(C)C)cc4c4cc(C(C)(C)C)ccc43)n2)ccc1-n1c2ccccc2c2cc3sc4ccccc4c3cc21. The predicted molar refractivity (Wildman–Crippen MR) is 256 cm³/mol. The van der Waals surface area contributed by atoms with E-state index in [1.54, 1.807) is 0 Å². The van der Waals surface area contributed by atoms with Gasteiger partial charge in [-0.1, -0.05) is 126 Å². The van der Waals surface area contributed by atoms with Crippen molar-refractivity contribution in [3.63, 3.8) is 0 Å². The normalized spacial score (nSPS) is 12.4. The van der Waals surface area contributed by atoms with Crippen LogP contribution in [0.25, 0.3) is 103 Å². The second-order valence-electron chi connectivity index (χ2n) is 18.1.